The van der Waals surface area contributed by atoms with Crippen LogP contribution in [-0.4, -0.2) is 24.7 Å². The van der Waals surface area contributed by atoms with Crippen LogP contribution in [-0.2, 0) is 13.1 Å². The third-order valence-electron chi connectivity index (χ3n) is 3.66. The lowest BCUT2D eigenvalue weighted by Gasteiger charge is -2.08. The number of rotatable bonds is 5. The van der Waals surface area contributed by atoms with E-state index in [9.17, 15) is 14.9 Å². The molecule has 0 radical (unpaired) electrons. The number of para-hydroxylation sites is 1. The third-order valence-corrected chi connectivity index (χ3v) is 3.66. The van der Waals surface area contributed by atoms with Crippen molar-refractivity contribution in [2.24, 2.45) is 0 Å². The van der Waals surface area contributed by atoms with Crippen LogP contribution in [0.1, 0.15) is 18.4 Å². The maximum Gasteiger partial charge on any atom is 0.333 e. The largest absolute Gasteiger partial charge is 0.357 e. The fraction of sp³-hybridized carbons (Fsp3) is 0.267. The third kappa shape index (κ3) is 2.71. The lowest BCUT2D eigenvalue weighted by molar-refractivity contribution is -0.384. The first kappa shape index (κ1) is 15.7. The summed E-state index contributed by atoms with van der Waals surface area (Å²) in [4.78, 5) is 29.9. The summed E-state index contributed by atoms with van der Waals surface area (Å²) < 4.78 is 1.52. The van der Waals surface area contributed by atoms with Crippen LogP contribution in [0.5, 0.6) is 0 Å². The molecule has 0 fully saturated rings. The summed E-state index contributed by atoms with van der Waals surface area (Å²) >= 11 is 0. The van der Waals surface area contributed by atoms with Crippen molar-refractivity contribution in [2.75, 3.05) is 5.32 Å². The minimum Gasteiger partial charge on any atom is -0.357 e. The van der Waals surface area contributed by atoms with Gasteiger partial charge in [-0.3, -0.25) is 14.9 Å². The highest BCUT2D eigenvalue weighted by molar-refractivity contribution is 5.77. The molecule has 124 valence electrons. The number of nitrogens with one attached hydrogen (secondary N) is 2. The number of hydrogen-bond donors (Lipinski definition) is 2. The Morgan fingerprint density at radius 2 is 2.12 bits per heavy atom. The zero-order valence-electron chi connectivity index (χ0n) is 13.2. The normalized spacial score (nSPS) is 10.9. The van der Waals surface area contributed by atoms with Gasteiger partial charge >= 0.3 is 5.69 Å². The zero-order valence-corrected chi connectivity index (χ0v) is 13.2. The Bertz CT molecular complexity index is 975. The van der Waals surface area contributed by atoms with Crippen LogP contribution >= 0.6 is 0 Å². The maximum atomic E-state index is 12.1. The summed E-state index contributed by atoms with van der Waals surface area (Å²) in [5.74, 6) is 0.699. The first-order chi connectivity index (χ1) is 11.5. The monoisotopic (exact) mass is 328 g/mol. The van der Waals surface area contributed by atoms with Crippen LogP contribution in [0.4, 0.5) is 11.5 Å². The van der Waals surface area contributed by atoms with Crippen molar-refractivity contribution < 1.29 is 4.92 Å². The van der Waals surface area contributed by atoms with Crippen molar-refractivity contribution in [3.63, 3.8) is 0 Å². The number of benzene rings is 1. The van der Waals surface area contributed by atoms with Crippen molar-refractivity contribution in [3.05, 3.63) is 56.3 Å². The molecule has 9 nitrogen and oxygen atoms in total. The van der Waals surface area contributed by atoms with Crippen LogP contribution in [0.25, 0.3) is 10.9 Å². The summed E-state index contributed by atoms with van der Waals surface area (Å²) in [6.07, 6.45) is 0. The van der Waals surface area contributed by atoms with E-state index < -0.39 is 4.92 Å². The molecule has 0 aliphatic rings. The molecule has 0 saturated carbocycles. The molecule has 0 bridgehead atoms. The molecule has 24 heavy (non-hydrogen) atoms. The zero-order chi connectivity index (χ0) is 17.3. The van der Waals surface area contributed by atoms with Gasteiger partial charge in [-0.15, -0.1) is 0 Å². The van der Waals surface area contributed by atoms with Crippen LogP contribution < -0.4 is 10.9 Å². The predicted octanol–water partition coefficient (Wildman–Crippen LogP) is 1.97. The van der Waals surface area contributed by atoms with Crippen LogP contribution in [0, 0.1) is 17.0 Å². The standard InChI is InChI=1S/C15H16N6O3/c1-3-20-14(13(21(23)24)9(2)19-20)16-8-12-17-11-7-5-4-6-10(11)15(22)18-12/h4-7,16H,3,8H2,1-2H3,(H,17,18,22). The minimum atomic E-state index is -0.465. The van der Waals surface area contributed by atoms with Crippen LogP contribution in [0.3, 0.4) is 0 Å². The minimum absolute atomic E-state index is 0.0695. The SMILES string of the molecule is CCn1nc(C)c([N+](=O)[O-])c1NCc1nc2ccccc2c(=O)[nH]1. The van der Waals surface area contributed by atoms with Gasteiger partial charge in [-0.2, -0.15) is 5.10 Å². The van der Waals surface area contributed by atoms with E-state index in [1.807, 2.05) is 6.92 Å². The van der Waals surface area contributed by atoms with Gasteiger partial charge in [0.2, 0.25) is 5.82 Å². The average Bonchev–Trinajstić information content (AvgIpc) is 2.88. The second-order valence-electron chi connectivity index (χ2n) is 5.24. The maximum absolute atomic E-state index is 12.1. The predicted molar refractivity (Wildman–Crippen MR) is 89.0 cm³/mol. The number of aryl methyl sites for hydroxylation is 2. The highest BCUT2D eigenvalue weighted by Gasteiger charge is 2.24. The average molecular weight is 328 g/mol. The second-order valence-corrected chi connectivity index (χ2v) is 5.24. The molecule has 2 N–H and O–H groups in total. The number of hydrogen-bond acceptors (Lipinski definition) is 6. The number of fused-ring (bicyclic) bond motifs is 1. The summed E-state index contributed by atoms with van der Waals surface area (Å²) in [6.45, 7) is 4.06. The Labute approximate surface area is 136 Å². The molecule has 9 heteroatoms. The summed E-state index contributed by atoms with van der Waals surface area (Å²) in [7, 11) is 0. The fourth-order valence-corrected chi connectivity index (χ4v) is 2.58. The number of H-pyrrole nitrogens is 1. The van der Waals surface area contributed by atoms with E-state index in [2.05, 4.69) is 20.4 Å². The van der Waals surface area contributed by atoms with E-state index in [4.69, 9.17) is 0 Å². The smallest absolute Gasteiger partial charge is 0.333 e. The molecule has 0 aliphatic carbocycles. The fourth-order valence-electron chi connectivity index (χ4n) is 2.58. The van der Waals surface area contributed by atoms with Gasteiger partial charge in [0.25, 0.3) is 5.56 Å². The number of aromatic nitrogens is 4. The van der Waals surface area contributed by atoms with Crippen LogP contribution in [0.15, 0.2) is 29.1 Å². The van der Waals surface area contributed by atoms with Gasteiger partial charge in [0.1, 0.15) is 11.5 Å². The lowest BCUT2D eigenvalue weighted by Crippen LogP contribution is -2.16. The second kappa shape index (κ2) is 6.11. The van der Waals surface area contributed by atoms with E-state index >= 15 is 0 Å². The van der Waals surface area contributed by atoms with E-state index in [1.165, 1.54) is 4.68 Å². The number of anilines is 1. The van der Waals surface area contributed by atoms with Crippen LogP contribution in [0.2, 0.25) is 0 Å². The van der Waals surface area contributed by atoms with Crippen molar-refractivity contribution >= 4 is 22.4 Å². The summed E-state index contributed by atoms with van der Waals surface area (Å²) in [5.41, 5.74) is 0.601. The molecular weight excluding hydrogens is 312 g/mol. The van der Waals surface area contributed by atoms with Gasteiger partial charge in [0.05, 0.1) is 22.4 Å². The molecule has 2 heterocycles. The molecule has 3 rings (SSSR count). The van der Waals surface area contributed by atoms with E-state index in [1.54, 1.807) is 31.2 Å². The molecular formula is C15H16N6O3. The Balaban J connectivity index is 1.94. The van der Waals surface area contributed by atoms with Crippen molar-refractivity contribution in [1.82, 2.24) is 19.7 Å². The summed E-state index contributed by atoms with van der Waals surface area (Å²) in [6, 6.07) is 7.01. The van der Waals surface area contributed by atoms with Crippen molar-refractivity contribution in [3.8, 4) is 0 Å². The van der Waals surface area contributed by atoms with Gasteiger partial charge in [0.15, 0.2) is 0 Å². The van der Waals surface area contributed by atoms with Gasteiger partial charge < -0.3 is 10.3 Å². The molecule has 0 spiro atoms. The molecule has 1 aromatic carbocycles. The topological polar surface area (TPSA) is 119 Å². The van der Waals surface area contributed by atoms with Crippen molar-refractivity contribution in [2.45, 2.75) is 26.9 Å². The van der Waals surface area contributed by atoms with Gasteiger partial charge in [-0.25, -0.2) is 9.67 Å². The van der Waals surface area contributed by atoms with Gasteiger partial charge in [-0.1, -0.05) is 12.1 Å². The van der Waals surface area contributed by atoms with E-state index in [-0.39, 0.29) is 17.8 Å². The lowest BCUT2D eigenvalue weighted by atomic mass is 10.2. The molecule has 0 atom stereocenters. The molecule has 0 unspecified atom stereocenters. The molecule has 2 aromatic heterocycles. The van der Waals surface area contributed by atoms with E-state index in [0.717, 1.165) is 0 Å². The van der Waals surface area contributed by atoms with Gasteiger partial charge in [-0.05, 0) is 26.0 Å². The first-order valence-corrected chi connectivity index (χ1v) is 7.45. The Kier molecular flexibility index (Phi) is 3.98. The molecule has 3 aromatic rings. The number of nitro groups is 1. The number of nitrogens with zero attached hydrogens (tertiary/aromatic N) is 4. The Hall–Kier alpha value is -3.23. The molecule has 0 amide bonds. The Morgan fingerprint density at radius 1 is 1.38 bits per heavy atom. The van der Waals surface area contributed by atoms with Gasteiger partial charge in [0, 0.05) is 6.54 Å². The summed E-state index contributed by atoms with van der Waals surface area (Å²) in [5, 5.41) is 18.9. The highest BCUT2D eigenvalue weighted by Crippen LogP contribution is 2.28. The highest BCUT2D eigenvalue weighted by atomic mass is 16.6. The quantitative estimate of drug-likeness (QED) is 0.546. The first-order valence-electron chi connectivity index (χ1n) is 7.45. The van der Waals surface area contributed by atoms with Crippen molar-refractivity contribution in [1.29, 1.82) is 0 Å². The number of aromatic amines is 1. The Morgan fingerprint density at radius 3 is 2.83 bits per heavy atom. The molecule has 0 saturated heterocycles. The van der Waals surface area contributed by atoms with E-state index in [0.29, 0.717) is 34.8 Å². The molecule has 0 aliphatic heterocycles.